The summed E-state index contributed by atoms with van der Waals surface area (Å²) in [6, 6.07) is 4.98. The minimum Gasteiger partial charge on any atom is -0.408 e. The van der Waals surface area contributed by atoms with Gasteiger partial charge in [0.2, 0.25) is 0 Å². The second-order valence-corrected chi connectivity index (χ2v) is 6.73. The molecule has 0 N–H and O–H groups in total. The molecule has 0 saturated carbocycles. The molecule has 1 aromatic carbocycles. The summed E-state index contributed by atoms with van der Waals surface area (Å²) in [5, 5.41) is 0. The van der Waals surface area contributed by atoms with Crippen molar-refractivity contribution in [2.24, 2.45) is 7.05 Å². The molecule has 2 aromatic rings. The van der Waals surface area contributed by atoms with Gasteiger partial charge in [-0.2, -0.15) is 0 Å². The molecule has 8 heteroatoms. The molecule has 0 aliphatic carbocycles. The number of oxazole rings is 1. The fourth-order valence-electron chi connectivity index (χ4n) is 3.55. The number of carbonyl (C=O) groups excluding carboxylic acids is 2. The van der Waals surface area contributed by atoms with Gasteiger partial charge in [0, 0.05) is 45.4 Å². The molecule has 138 valence electrons. The maximum atomic E-state index is 12.8. The molecule has 8 nitrogen and oxygen atoms in total. The van der Waals surface area contributed by atoms with Crippen LogP contribution < -0.4 is 5.76 Å². The summed E-state index contributed by atoms with van der Waals surface area (Å²) in [6.45, 7) is 2.64. The first-order valence-corrected chi connectivity index (χ1v) is 8.84. The largest absolute Gasteiger partial charge is 0.419 e. The van der Waals surface area contributed by atoms with Crippen LogP contribution in [0.15, 0.2) is 27.4 Å². The number of piperazine rings is 1. The van der Waals surface area contributed by atoms with Gasteiger partial charge in [0.25, 0.3) is 11.8 Å². The summed E-state index contributed by atoms with van der Waals surface area (Å²) >= 11 is 0. The number of aromatic nitrogens is 1. The second-order valence-electron chi connectivity index (χ2n) is 6.73. The molecule has 0 radical (unpaired) electrons. The fourth-order valence-corrected chi connectivity index (χ4v) is 3.55. The SMILES string of the molecule is Cn1c(=O)oc2ccc(C(=O)N3CCN(C(=O)C4CCCO4)CC3)cc21. The van der Waals surface area contributed by atoms with Crippen LogP contribution in [-0.2, 0) is 16.6 Å². The van der Waals surface area contributed by atoms with Crippen molar-refractivity contribution in [2.75, 3.05) is 32.8 Å². The molecule has 2 aliphatic rings. The predicted molar refractivity (Wildman–Crippen MR) is 92.9 cm³/mol. The quantitative estimate of drug-likeness (QED) is 0.784. The van der Waals surface area contributed by atoms with E-state index in [-0.39, 0.29) is 17.9 Å². The summed E-state index contributed by atoms with van der Waals surface area (Å²) in [7, 11) is 1.61. The van der Waals surface area contributed by atoms with E-state index >= 15 is 0 Å². The van der Waals surface area contributed by atoms with E-state index in [1.165, 1.54) is 4.57 Å². The highest BCUT2D eigenvalue weighted by Gasteiger charge is 2.31. The Morgan fingerprint density at radius 1 is 1.12 bits per heavy atom. The van der Waals surface area contributed by atoms with E-state index in [4.69, 9.17) is 9.15 Å². The molecule has 1 unspecified atom stereocenters. The van der Waals surface area contributed by atoms with Crippen LogP contribution in [-0.4, -0.2) is 65.1 Å². The van der Waals surface area contributed by atoms with Crippen molar-refractivity contribution in [1.29, 1.82) is 0 Å². The number of benzene rings is 1. The summed E-state index contributed by atoms with van der Waals surface area (Å²) in [5.41, 5.74) is 1.56. The van der Waals surface area contributed by atoms with Gasteiger partial charge in [0.15, 0.2) is 5.58 Å². The molecule has 2 amide bonds. The third-order valence-corrected chi connectivity index (χ3v) is 5.12. The Hall–Kier alpha value is -2.61. The molecule has 2 aliphatic heterocycles. The van der Waals surface area contributed by atoms with Gasteiger partial charge in [-0.3, -0.25) is 14.2 Å². The molecule has 1 aromatic heterocycles. The normalized spacial score (nSPS) is 20.7. The maximum Gasteiger partial charge on any atom is 0.419 e. The van der Waals surface area contributed by atoms with Crippen molar-refractivity contribution in [3.05, 3.63) is 34.3 Å². The fraction of sp³-hybridized carbons (Fsp3) is 0.500. The summed E-state index contributed by atoms with van der Waals surface area (Å²) in [4.78, 5) is 40.3. The molecule has 4 rings (SSSR count). The van der Waals surface area contributed by atoms with Gasteiger partial charge in [0.05, 0.1) is 5.52 Å². The zero-order valence-electron chi connectivity index (χ0n) is 14.6. The van der Waals surface area contributed by atoms with E-state index in [0.29, 0.717) is 49.4 Å². The van der Waals surface area contributed by atoms with E-state index in [1.54, 1.807) is 35.0 Å². The van der Waals surface area contributed by atoms with E-state index < -0.39 is 5.76 Å². The van der Waals surface area contributed by atoms with Crippen molar-refractivity contribution in [2.45, 2.75) is 18.9 Å². The number of ether oxygens (including phenoxy) is 1. The Morgan fingerprint density at radius 3 is 2.54 bits per heavy atom. The Labute approximate surface area is 149 Å². The number of hydrogen-bond donors (Lipinski definition) is 0. The Kier molecular flexibility index (Phi) is 4.28. The van der Waals surface area contributed by atoms with Gasteiger partial charge in [-0.1, -0.05) is 0 Å². The average Bonchev–Trinajstić information content (AvgIpc) is 3.30. The monoisotopic (exact) mass is 359 g/mol. The highest BCUT2D eigenvalue weighted by molar-refractivity contribution is 5.97. The minimum absolute atomic E-state index is 0.0319. The van der Waals surface area contributed by atoms with Crippen LogP contribution in [0.1, 0.15) is 23.2 Å². The van der Waals surface area contributed by atoms with Crippen molar-refractivity contribution in [1.82, 2.24) is 14.4 Å². The molecular formula is C18H21N3O5. The lowest BCUT2D eigenvalue weighted by Gasteiger charge is -2.35. The molecule has 2 fully saturated rings. The van der Waals surface area contributed by atoms with Gasteiger partial charge in [-0.15, -0.1) is 0 Å². The Bertz CT molecular complexity index is 901. The van der Waals surface area contributed by atoms with Gasteiger partial charge in [0.1, 0.15) is 6.10 Å². The maximum absolute atomic E-state index is 12.8. The van der Waals surface area contributed by atoms with Crippen LogP contribution >= 0.6 is 0 Å². The van der Waals surface area contributed by atoms with E-state index in [1.807, 2.05) is 0 Å². The molecule has 2 saturated heterocycles. The highest BCUT2D eigenvalue weighted by Crippen LogP contribution is 2.18. The lowest BCUT2D eigenvalue weighted by atomic mass is 10.1. The van der Waals surface area contributed by atoms with Gasteiger partial charge < -0.3 is 19.0 Å². The smallest absolute Gasteiger partial charge is 0.408 e. The first kappa shape index (κ1) is 16.8. The van der Waals surface area contributed by atoms with Crippen molar-refractivity contribution in [3.8, 4) is 0 Å². The van der Waals surface area contributed by atoms with Crippen LogP contribution in [0.2, 0.25) is 0 Å². The highest BCUT2D eigenvalue weighted by atomic mass is 16.5. The molecule has 0 bridgehead atoms. The number of amides is 2. The third-order valence-electron chi connectivity index (χ3n) is 5.12. The van der Waals surface area contributed by atoms with Crippen molar-refractivity contribution in [3.63, 3.8) is 0 Å². The minimum atomic E-state index is -0.453. The zero-order valence-corrected chi connectivity index (χ0v) is 14.6. The number of carbonyl (C=O) groups is 2. The molecule has 26 heavy (non-hydrogen) atoms. The molecular weight excluding hydrogens is 338 g/mol. The van der Waals surface area contributed by atoms with Crippen LogP contribution in [0, 0.1) is 0 Å². The zero-order chi connectivity index (χ0) is 18.3. The summed E-state index contributed by atoms with van der Waals surface area (Å²) in [5.74, 6) is -0.528. The first-order valence-electron chi connectivity index (χ1n) is 8.84. The van der Waals surface area contributed by atoms with E-state index in [2.05, 4.69) is 0 Å². The molecule has 0 spiro atoms. The van der Waals surface area contributed by atoms with Crippen molar-refractivity contribution < 1.29 is 18.7 Å². The van der Waals surface area contributed by atoms with Crippen LogP contribution in [0.4, 0.5) is 0 Å². The summed E-state index contributed by atoms with van der Waals surface area (Å²) < 4.78 is 11.9. The Morgan fingerprint density at radius 2 is 1.85 bits per heavy atom. The van der Waals surface area contributed by atoms with Gasteiger partial charge in [-0.25, -0.2) is 4.79 Å². The second kappa shape index (κ2) is 6.60. The standard InChI is InChI=1S/C18H21N3O5/c1-19-13-11-12(4-5-14(13)26-18(19)24)16(22)20-6-8-21(9-7-20)17(23)15-3-2-10-25-15/h4-5,11,15H,2-3,6-10H2,1H3. The first-order chi connectivity index (χ1) is 12.5. The van der Waals surface area contributed by atoms with Crippen LogP contribution in [0.5, 0.6) is 0 Å². The lowest BCUT2D eigenvalue weighted by Crippen LogP contribution is -2.52. The Balaban J connectivity index is 1.44. The van der Waals surface area contributed by atoms with Crippen LogP contribution in [0.25, 0.3) is 11.1 Å². The lowest BCUT2D eigenvalue weighted by molar-refractivity contribution is -0.142. The number of hydrogen-bond acceptors (Lipinski definition) is 5. The summed E-state index contributed by atoms with van der Waals surface area (Å²) in [6.07, 6.45) is 1.39. The van der Waals surface area contributed by atoms with E-state index in [0.717, 1.165) is 12.8 Å². The number of aryl methyl sites for hydroxylation is 1. The van der Waals surface area contributed by atoms with Crippen LogP contribution in [0.3, 0.4) is 0 Å². The van der Waals surface area contributed by atoms with Crippen molar-refractivity contribution >= 4 is 22.9 Å². The number of fused-ring (bicyclic) bond motifs is 1. The third kappa shape index (κ3) is 2.90. The predicted octanol–water partition coefficient (Wildman–Crippen LogP) is 0.595. The topological polar surface area (TPSA) is 85.0 Å². The molecule has 3 heterocycles. The molecule has 1 atom stereocenters. The number of nitrogens with zero attached hydrogens (tertiary/aromatic N) is 3. The van der Waals surface area contributed by atoms with Gasteiger partial charge in [-0.05, 0) is 31.0 Å². The number of rotatable bonds is 2. The average molecular weight is 359 g/mol. The van der Waals surface area contributed by atoms with E-state index in [9.17, 15) is 14.4 Å². The van der Waals surface area contributed by atoms with Gasteiger partial charge >= 0.3 is 5.76 Å².